The molecule has 3 nitrogen and oxygen atoms in total. The Kier molecular flexibility index (Phi) is 4.59. The molecule has 0 aliphatic heterocycles. The molecule has 1 aromatic rings. The van der Waals surface area contributed by atoms with Gasteiger partial charge in [-0.1, -0.05) is 13.8 Å². The quantitative estimate of drug-likeness (QED) is 0.822. The molecule has 0 aromatic heterocycles. The minimum atomic E-state index is 0.260. The lowest BCUT2D eigenvalue weighted by Gasteiger charge is -2.24. The Morgan fingerprint density at radius 2 is 1.85 bits per heavy atom. The van der Waals surface area contributed by atoms with Crippen LogP contribution >= 0.6 is 0 Å². The maximum Gasteiger partial charge on any atom is 0.123 e. The van der Waals surface area contributed by atoms with E-state index in [2.05, 4.69) is 32.2 Å². The van der Waals surface area contributed by atoms with Gasteiger partial charge in [0.25, 0.3) is 0 Å². The summed E-state index contributed by atoms with van der Waals surface area (Å²) < 4.78 is 10.8. The van der Waals surface area contributed by atoms with Crippen LogP contribution in [0.5, 0.6) is 11.5 Å². The molecule has 1 fully saturated rings. The van der Waals surface area contributed by atoms with Gasteiger partial charge < -0.3 is 14.8 Å². The van der Waals surface area contributed by atoms with Crippen molar-refractivity contribution in [1.29, 1.82) is 0 Å². The summed E-state index contributed by atoms with van der Waals surface area (Å²) in [6.07, 6.45) is 2.69. The van der Waals surface area contributed by atoms with E-state index in [1.807, 2.05) is 12.1 Å². The molecule has 2 rings (SSSR count). The van der Waals surface area contributed by atoms with Gasteiger partial charge in [-0.2, -0.15) is 0 Å². The zero-order valence-corrected chi connectivity index (χ0v) is 13.3. The van der Waals surface area contributed by atoms with Gasteiger partial charge in [-0.25, -0.2) is 0 Å². The molecule has 112 valence electrons. The Bertz CT molecular complexity index is 452. The molecule has 1 aliphatic rings. The van der Waals surface area contributed by atoms with Crippen LogP contribution in [0.4, 0.5) is 0 Å². The zero-order valence-electron chi connectivity index (χ0n) is 13.3. The Morgan fingerprint density at radius 3 is 2.35 bits per heavy atom. The van der Waals surface area contributed by atoms with Crippen LogP contribution in [-0.2, 0) is 0 Å². The number of benzene rings is 1. The highest BCUT2D eigenvalue weighted by molar-refractivity contribution is 5.42. The van der Waals surface area contributed by atoms with Crippen molar-refractivity contribution in [2.45, 2.75) is 39.7 Å². The van der Waals surface area contributed by atoms with Crippen molar-refractivity contribution in [2.75, 3.05) is 20.8 Å². The molecule has 1 unspecified atom stereocenters. The molecule has 0 radical (unpaired) electrons. The standard InChI is InChI=1S/C17H27NO2/c1-12(2)17(8-9-17)11-18-13(3)15-10-14(19-4)6-7-16(15)20-5/h6-7,10,12-13,18H,8-9,11H2,1-5H3. The fourth-order valence-electron chi connectivity index (χ4n) is 2.76. The summed E-state index contributed by atoms with van der Waals surface area (Å²) in [5, 5.41) is 3.67. The maximum absolute atomic E-state index is 5.47. The highest BCUT2D eigenvalue weighted by Crippen LogP contribution is 2.51. The van der Waals surface area contributed by atoms with Gasteiger partial charge in [0.1, 0.15) is 11.5 Å². The number of methoxy groups -OCH3 is 2. The van der Waals surface area contributed by atoms with Gasteiger partial charge in [-0.15, -0.1) is 0 Å². The highest BCUT2D eigenvalue weighted by atomic mass is 16.5. The zero-order chi connectivity index (χ0) is 14.8. The van der Waals surface area contributed by atoms with Gasteiger partial charge in [0.15, 0.2) is 0 Å². The molecule has 1 aliphatic carbocycles. The number of hydrogen-bond acceptors (Lipinski definition) is 3. The lowest BCUT2D eigenvalue weighted by Crippen LogP contribution is -2.30. The van der Waals surface area contributed by atoms with Crippen molar-refractivity contribution >= 4 is 0 Å². The molecular formula is C17H27NO2. The molecule has 1 aromatic carbocycles. The van der Waals surface area contributed by atoms with Gasteiger partial charge >= 0.3 is 0 Å². The van der Waals surface area contributed by atoms with Crippen LogP contribution in [0.15, 0.2) is 18.2 Å². The van der Waals surface area contributed by atoms with E-state index >= 15 is 0 Å². The van der Waals surface area contributed by atoms with Gasteiger partial charge in [-0.05, 0) is 49.3 Å². The second-order valence-corrected chi connectivity index (χ2v) is 6.23. The smallest absolute Gasteiger partial charge is 0.123 e. The third-order valence-corrected chi connectivity index (χ3v) is 4.78. The van der Waals surface area contributed by atoms with Gasteiger partial charge in [-0.3, -0.25) is 0 Å². The fraction of sp³-hybridized carbons (Fsp3) is 0.647. The van der Waals surface area contributed by atoms with Gasteiger partial charge in [0.05, 0.1) is 14.2 Å². The Balaban J connectivity index is 2.06. The SMILES string of the molecule is COc1ccc(OC)c(C(C)NCC2(C(C)C)CC2)c1. The van der Waals surface area contributed by atoms with Crippen molar-refractivity contribution in [1.82, 2.24) is 5.32 Å². The summed E-state index contributed by atoms with van der Waals surface area (Å²) in [5.41, 5.74) is 1.67. The van der Waals surface area contributed by atoms with Crippen molar-refractivity contribution in [3.8, 4) is 11.5 Å². The minimum absolute atomic E-state index is 0.260. The summed E-state index contributed by atoms with van der Waals surface area (Å²) in [4.78, 5) is 0. The summed E-state index contributed by atoms with van der Waals surface area (Å²) in [7, 11) is 3.41. The summed E-state index contributed by atoms with van der Waals surface area (Å²) >= 11 is 0. The maximum atomic E-state index is 5.47. The fourth-order valence-corrected chi connectivity index (χ4v) is 2.76. The Hall–Kier alpha value is -1.22. The van der Waals surface area contributed by atoms with Crippen LogP contribution in [0.1, 0.15) is 45.2 Å². The second-order valence-electron chi connectivity index (χ2n) is 6.23. The van der Waals surface area contributed by atoms with E-state index in [4.69, 9.17) is 9.47 Å². The predicted octanol–water partition coefficient (Wildman–Crippen LogP) is 3.79. The molecule has 1 atom stereocenters. The molecule has 0 saturated heterocycles. The van der Waals surface area contributed by atoms with Crippen LogP contribution in [0.25, 0.3) is 0 Å². The van der Waals surface area contributed by atoms with E-state index in [-0.39, 0.29) is 6.04 Å². The molecule has 3 heteroatoms. The van der Waals surface area contributed by atoms with Crippen molar-refractivity contribution in [3.63, 3.8) is 0 Å². The Morgan fingerprint density at radius 1 is 1.15 bits per heavy atom. The first-order chi connectivity index (χ1) is 9.52. The van der Waals surface area contributed by atoms with E-state index < -0.39 is 0 Å². The lowest BCUT2D eigenvalue weighted by atomic mass is 9.92. The molecule has 0 bridgehead atoms. The predicted molar refractivity (Wildman–Crippen MR) is 82.5 cm³/mol. The second kappa shape index (κ2) is 6.04. The highest BCUT2D eigenvalue weighted by Gasteiger charge is 2.44. The normalized spacial score (nSPS) is 17.9. The van der Waals surface area contributed by atoms with Crippen LogP contribution in [0.2, 0.25) is 0 Å². The molecule has 1 saturated carbocycles. The number of ether oxygens (including phenoxy) is 2. The van der Waals surface area contributed by atoms with Gasteiger partial charge in [0.2, 0.25) is 0 Å². The molecule has 1 N–H and O–H groups in total. The lowest BCUT2D eigenvalue weighted by molar-refractivity contribution is 0.321. The first kappa shape index (κ1) is 15.2. The van der Waals surface area contributed by atoms with E-state index in [0.717, 1.165) is 29.5 Å². The van der Waals surface area contributed by atoms with E-state index in [0.29, 0.717) is 5.41 Å². The molecular weight excluding hydrogens is 250 g/mol. The van der Waals surface area contributed by atoms with Crippen molar-refractivity contribution in [3.05, 3.63) is 23.8 Å². The molecule has 20 heavy (non-hydrogen) atoms. The monoisotopic (exact) mass is 277 g/mol. The average Bonchev–Trinajstić information content (AvgIpc) is 3.25. The van der Waals surface area contributed by atoms with Crippen molar-refractivity contribution < 1.29 is 9.47 Å². The Labute approximate surface area is 122 Å². The molecule has 0 heterocycles. The third kappa shape index (κ3) is 3.09. The topological polar surface area (TPSA) is 30.5 Å². The van der Waals surface area contributed by atoms with E-state index in [1.54, 1.807) is 14.2 Å². The first-order valence-corrected chi connectivity index (χ1v) is 7.48. The van der Waals surface area contributed by atoms with Crippen LogP contribution in [-0.4, -0.2) is 20.8 Å². The third-order valence-electron chi connectivity index (χ3n) is 4.78. The number of rotatable bonds is 7. The number of nitrogens with one attached hydrogen (secondary N) is 1. The van der Waals surface area contributed by atoms with Crippen LogP contribution < -0.4 is 14.8 Å². The van der Waals surface area contributed by atoms with Gasteiger partial charge in [0, 0.05) is 18.2 Å². The van der Waals surface area contributed by atoms with Crippen LogP contribution in [0.3, 0.4) is 0 Å². The summed E-state index contributed by atoms with van der Waals surface area (Å²) in [5.74, 6) is 2.54. The average molecular weight is 277 g/mol. The molecule has 0 spiro atoms. The first-order valence-electron chi connectivity index (χ1n) is 7.48. The van der Waals surface area contributed by atoms with Crippen LogP contribution in [0, 0.1) is 11.3 Å². The molecule has 0 amide bonds. The van der Waals surface area contributed by atoms with E-state index in [1.165, 1.54) is 12.8 Å². The van der Waals surface area contributed by atoms with Crippen molar-refractivity contribution in [2.24, 2.45) is 11.3 Å². The minimum Gasteiger partial charge on any atom is -0.497 e. The summed E-state index contributed by atoms with van der Waals surface area (Å²) in [6.45, 7) is 7.91. The largest absolute Gasteiger partial charge is 0.497 e. The van der Waals surface area contributed by atoms with E-state index in [9.17, 15) is 0 Å². The summed E-state index contributed by atoms with van der Waals surface area (Å²) in [6, 6.07) is 6.23. The number of hydrogen-bond donors (Lipinski definition) is 1.